The molecule has 0 saturated heterocycles. The molecule has 1 aliphatic heterocycles. The molecule has 0 bridgehead atoms. The topological polar surface area (TPSA) is 52.8 Å². The first kappa shape index (κ1) is 32.9. The number of aryl methyl sites for hydroxylation is 1. The number of rotatable bonds is 4. The van der Waals surface area contributed by atoms with Crippen LogP contribution in [0.2, 0.25) is 0 Å². The molecule has 3 aromatic heterocycles. The third-order valence-electron chi connectivity index (χ3n) is 12.5. The number of thiophene rings is 1. The summed E-state index contributed by atoms with van der Waals surface area (Å²) in [5.41, 5.74) is 8.85. The van der Waals surface area contributed by atoms with E-state index in [4.69, 9.17) is 19.7 Å². The van der Waals surface area contributed by atoms with E-state index in [-0.39, 0.29) is 12.0 Å². The monoisotopic (exact) mass is 774 g/mol. The fourth-order valence-corrected chi connectivity index (χ4v) is 10.9. The van der Waals surface area contributed by atoms with E-state index >= 15 is 0 Å². The first-order chi connectivity index (χ1) is 29.2. The molecule has 278 valence electrons. The van der Waals surface area contributed by atoms with E-state index in [0.29, 0.717) is 11.6 Å². The van der Waals surface area contributed by atoms with Crippen LogP contribution in [0.5, 0.6) is 5.75 Å². The van der Waals surface area contributed by atoms with Crippen LogP contribution in [0.4, 0.5) is 0 Å². The Morgan fingerprint density at radius 3 is 2.22 bits per heavy atom. The number of aromatic nitrogens is 4. The molecule has 0 spiro atoms. The molecule has 2 aliphatic carbocycles. The Morgan fingerprint density at radius 2 is 1.31 bits per heavy atom. The number of nitrogens with zero attached hydrogens (tertiary/aromatic N) is 4. The maximum absolute atomic E-state index is 6.94. The average Bonchev–Trinajstić information content (AvgIpc) is 3.97. The molecule has 13 rings (SSSR count). The summed E-state index contributed by atoms with van der Waals surface area (Å²) in [5.74, 6) is 3.00. The zero-order valence-electron chi connectivity index (χ0n) is 31.8. The zero-order chi connectivity index (χ0) is 38.6. The Bertz CT molecular complexity index is 3510. The lowest BCUT2D eigenvalue weighted by molar-refractivity contribution is 0.268. The normalized spacial score (nSPS) is 16.8. The molecule has 0 N–H and O–H groups in total. The lowest BCUT2D eigenvalue weighted by Gasteiger charge is -2.17. The van der Waals surface area contributed by atoms with Gasteiger partial charge < -0.3 is 9.30 Å². The van der Waals surface area contributed by atoms with Gasteiger partial charge in [-0.15, -0.1) is 11.3 Å². The molecule has 10 aromatic rings. The van der Waals surface area contributed by atoms with Crippen LogP contribution in [0.25, 0.3) is 93.5 Å². The quantitative estimate of drug-likeness (QED) is 0.179. The highest BCUT2D eigenvalue weighted by Gasteiger charge is 2.36. The summed E-state index contributed by atoms with van der Waals surface area (Å²) in [6.45, 7) is 0. The summed E-state index contributed by atoms with van der Waals surface area (Å²) < 4.78 is 10.7. The van der Waals surface area contributed by atoms with Crippen molar-refractivity contribution in [2.45, 2.75) is 24.9 Å². The fourth-order valence-electron chi connectivity index (χ4n) is 9.69. The van der Waals surface area contributed by atoms with Gasteiger partial charge in [0, 0.05) is 43.0 Å². The van der Waals surface area contributed by atoms with Crippen molar-refractivity contribution in [3.8, 4) is 34.2 Å². The van der Waals surface area contributed by atoms with Crippen LogP contribution in [-0.4, -0.2) is 25.6 Å². The summed E-state index contributed by atoms with van der Waals surface area (Å²) in [7, 11) is 0. The maximum atomic E-state index is 6.94. The van der Waals surface area contributed by atoms with Crippen LogP contribution in [0, 0.1) is 0 Å². The Morgan fingerprint density at radius 1 is 0.576 bits per heavy atom. The van der Waals surface area contributed by atoms with E-state index in [0.717, 1.165) is 74.2 Å². The molecule has 0 radical (unpaired) electrons. The van der Waals surface area contributed by atoms with E-state index in [1.165, 1.54) is 42.1 Å². The Balaban J connectivity index is 1.08. The van der Waals surface area contributed by atoms with Gasteiger partial charge >= 0.3 is 0 Å². The van der Waals surface area contributed by atoms with Crippen molar-refractivity contribution in [3.63, 3.8) is 0 Å². The van der Waals surface area contributed by atoms with Crippen molar-refractivity contribution in [3.05, 3.63) is 186 Å². The van der Waals surface area contributed by atoms with Crippen LogP contribution < -0.4 is 4.74 Å². The van der Waals surface area contributed by atoms with Gasteiger partial charge in [-0.3, -0.25) is 0 Å². The van der Waals surface area contributed by atoms with Crippen LogP contribution in [0.1, 0.15) is 34.2 Å². The third kappa shape index (κ3) is 5.06. The second-order valence-electron chi connectivity index (χ2n) is 15.8. The van der Waals surface area contributed by atoms with Gasteiger partial charge in [-0.05, 0) is 99.5 Å². The van der Waals surface area contributed by atoms with Crippen LogP contribution in [-0.2, 0) is 6.42 Å². The minimum atomic E-state index is -0.0963. The molecule has 59 heavy (non-hydrogen) atoms. The minimum absolute atomic E-state index is 0.0638. The van der Waals surface area contributed by atoms with Gasteiger partial charge in [0.15, 0.2) is 17.5 Å². The molecule has 0 saturated carbocycles. The number of benzene rings is 7. The molecular formula is C53H34N4OS. The van der Waals surface area contributed by atoms with E-state index in [1.54, 1.807) is 0 Å². The van der Waals surface area contributed by atoms with Crippen molar-refractivity contribution < 1.29 is 4.74 Å². The van der Waals surface area contributed by atoms with Crippen LogP contribution >= 0.6 is 11.3 Å². The molecule has 3 aliphatic rings. The van der Waals surface area contributed by atoms with E-state index in [9.17, 15) is 0 Å². The SMILES string of the molecule is C1=CC2Oc3c(cc(-c4nc(C5=Cc6sc7ccccc7c6CC5)nc(-c5cccc6ccccc56)n4)cc3-n3c4ccccc4c4cc5ccccc5cc43)C2C=C1. The molecule has 0 amide bonds. The van der Waals surface area contributed by atoms with Gasteiger partial charge in [-0.25, -0.2) is 15.0 Å². The van der Waals surface area contributed by atoms with Crippen molar-refractivity contribution in [1.82, 2.24) is 19.5 Å². The maximum Gasteiger partial charge on any atom is 0.164 e. The van der Waals surface area contributed by atoms with Crippen LogP contribution in [0.3, 0.4) is 0 Å². The summed E-state index contributed by atoms with van der Waals surface area (Å²) in [6.07, 6.45) is 12.7. The molecule has 2 atom stereocenters. The lowest BCUT2D eigenvalue weighted by atomic mass is 9.90. The number of allylic oxidation sites excluding steroid dienone is 3. The number of fused-ring (bicyclic) bond motifs is 11. The summed E-state index contributed by atoms with van der Waals surface area (Å²) >= 11 is 1.85. The van der Waals surface area contributed by atoms with Crippen molar-refractivity contribution in [1.29, 1.82) is 0 Å². The third-order valence-corrected chi connectivity index (χ3v) is 13.6. The fraction of sp³-hybridized carbons (Fsp3) is 0.0755. The van der Waals surface area contributed by atoms with Gasteiger partial charge in [0.05, 0.1) is 16.7 Å². The van der Waals surface area contributed by atoms with Gasteiger partial charge in [0.2, 0.25) is 0 Å². The van der Waals surface area contributed by atoms with Gasteiger partial charge in [-0.2, -0.15) is 0 Å². The smallest absolute Gasteiger partial charge is 0.164 e. The van der Waals surface area contributed by atoms with Gasteiger partial charge in [0.1, 0.15) is 11.9 Å². The van der Waals surface area contributed by atoms with Crippen molar-refractivity contribution in [2.75, 3.05) is 0 Å². The first-order valence-corrected chi connectivity index (χ1v) is 21.1. The average molecular weight is 775 g/mol. The second-order valence-corrected chi connectivity index (χ2v) is 16.9. The van der Waals surface area contributed by atoms with E-state index in [2.05, 4.69) is 174 Å². The highest BCUT2D eigenvalue weighted by atomic mass is 32.1. The summed E-state index contributed by atoms with van der Waals surface area (Å²) in [5, 5.41) is 8.45. The Labute approximate surface area is 343 Å². The highest BCUT2D eigenvalue weighted by Crippen LogP contribution is 2.49. The molecule has 6 heteroatoms. The van der Waals surface area contributed by atoms with E-state index in [1.807, 2.05) is 11.3 Å². The van der Waals surface area contributed by atoms with Crippen LogP contribution in [0.15, 0.2) is 164 Å². The standard InChI is InChI=1S/C53H34N4OS/c1-2-14-33-28-45-42(26-32(33)13-1)37-17-5-8-21-44(37)57(45)46-29-35(27-43-38-18-6-9-22-47(38)58-50(43)46)52-54-51(34-24-25-40-39-19-7-10-23-48(39)59-49(40)30-34)55-53(56-52)41-20-11-15-31-12-3-4-16-36(31)41/h1-23,26-30,38,47H,24-25H2. The predicted molar refractivity (Wildman–Crippen MR) is 244 cm³/mol. The molecule has 2 unspecified atom stereocenters. The number of ether oxygens (including phenoxy) is 1. The van der Waals surface area contributed by atoms with Crippen molar-refractivity contribution >= 4 is 76.4 Å². The predicted octanol–water partition coefficient (Wildman–Crippen LogP) is 13.3. The summed E-state index contributed by atoms with van der Waals surface area (Å²) in [4.78, 5) is 17.4. The number of hydrogen-bond acceptors (Lipinski definition) is 5. The van der Waals surface area contributed by atoms with Gasteiger partial charge in [0.25, 0.3) is 0 Å². The Kier molecular flexibility index (Phi) is 7.06. The molecular weight excluding hydrogens is 741 g/mol. The molecule has 0 fully saturated rings. The lowest BCUT2D eigenvalue weighted by Crippen LogP contribution is -2.15. The Hall–Kier alpha value is -7.15. The number of para-hydroxylation sites is 1. The molecule has 5 nitrogen and oxygen atoms in total. The minimum Gasteiger partial charge on any atom is -0.483 e. The van der Waals surface area contributed by atoms with Gasteiger partial charge in [-0.1, -0.05) is 121 Å². The summed E-state index contributed by atoms with van der Waals surface area (Å²) in [6, 6.07) is 50.1. The second kappa shape index (κ2) is 12.7. The molecule has 7 aromatic carbocycles. The van der Waals surface area contributed by atoms with Crippen molar-refractivity contribution in [2.24, 2.45) is 0 Å². The zero-order valence-corrected chi connectivity index (χ0v) is 32.7. The number of hydrogen-bond donors (Lipinski definition) is 0. The largest absolute Gasteiger partial charge is 0.483 e. The van der Waals surface area contributed by atoms with E-state index < -0.39 is 0 Å². The first-order valence-electron chi connectivity index (χ1n) is 20.3. The highest BCUT2D eigenvalue weighted by molar-refractivity contribution is 7.20. The molecule has 4 heterocycles.